The number of esters is 1. The number of urea groups is 1. The zero-order chi connectivity index (χ0) is 23.3. The first kappa shape index (κ1) is 22.3. The highest BCUT2D eigenvalue weighted by Gasteiger charge is 2.41. The van der Waals surface area contributed by atoms with Crippen molar-refractivity contribution in [3.63, 3.8) is 0 Å². The highest BCUT2D eigenvalue weighted by atomic mass is 32.2. The number of aromatic nitrogens is 2. The Hall–Kier alpha value is -2.86. The fraction of sp³-hybridized carbons (Fsp3) is 0.550. The van der Waals surface area contributed by atoms with E-state index in [-0.39, 0.29) is 16.5 Å². The quantitative estimate of drug-likeness (QED) is 0.649. The van der Waals surface area contributed by atoms with Gasteiger partial charge in [-0.25, -0.2) is 27.2 Å². The third kappa shape index (κ3) is 4.11. The summed E-state index contributed by atoms with van der Waals surface area (Å²) in [7, 11) is 0.869. The number of carbonyl (C=O) groups is 2. The lowest BCUT2D eigenvalue weighted by molar-refractivity contribution is 0.0603. The van der Waals surface area contributed by atoms with Gasteiger partial charge in [0, 0.05) is 51.9 Å². The average molecular weight is 465 g/mol. The van der Waals surface area contributed by atoms with E-state index in [0.717, 1.165) is 12.8 Å². The number of methoxy groups -OCH3 is 1. The van der Waals surface area contributed by atoms with Crippen LogP contribution in [0.15, 0.2) is 23.2 Å². The summed E-state index contributed by atoms with van der Waals surface area (Å²) in [6.45, 7) is 3.82. The maximum Gasteiger partial charge on any atom is 0.341 e. The summed E-state index contributed by atoms with van der Waals surface area (Å²) in [5, 5.41) is 4.33. The van der Waals surface area contributed by atoms with Crippen molar-refractivity contribution in [1.29, 1.82) is 0 Å². The van der Waals surface area contributed by atoms with Crippen LogP contribution in [0.4, 0.5) is 10.6 Å². The van der Waals surface area contributed by atoms with Gasteiger partial charge in [-0.15, -0.1) is 0 Å². The third-order valence-corrected chi connectivity index (χ3v) is 7.54. The Morgan fingerprint density at radius 2 is 1.81 bits per heavy atom. The van der Waals surface area contributed by atoms with Crippen molar-refractivity contribution in [3.8, 4) is 0 Å². The van der Waals surface area contributed by atoms with E-state index in [1.54, 1.807) is 29.6 Å². The molecule has 2 amide bonds. The molecule has 1 saturated carbocycles. The molecule has 1 N–H and O–H groups in total. The number of nitrogens with one attached hydrogen (secondary N) is 1. The number of anilines is 1. The second kappa shape index (κ2) is 7.93. The van der Waals surface area contributed by atoms with E-state index in [4.69, 9.17) is 4.74 Å². The molecular weight excluding hydrogens is 436 g/mol. The van der Waals surface area contributed by atoms with Crippen LogP contribution in [0.3, 0.4) is 0 Å². The first-order valence-corrected chi connectivity index (χ1v) is 11.9. The van der Waals surface area contributed by atoms with E-state index in [0.29, 0.717) is 37.5 Å². The average Bonchev–Trinajstić information content (AvgIpc) is 3.32. The Balaban J connectivity index is 1.74. The molecule has 1 aliphatic heterocycles. The molecule has 2 fully saturated rings. The maximum absolute atomic E-state index is 13.1. The smallest absolute Gasteiger partial charge is 0.341 e. The van der Waals surface area contributed by atoms with Gasteiger partial charge >= 0.3 is 12.0 Å². The highest BCUT2D eigenvalue weighted by molar-refractivity contribution is 7.89. The van der Waals surface area contributed by atoms with Crippen LogP contribution < -0.4 is 9.62 Å². The molecular formula is C20H28N6O5S. The number of hydrogen-bond donors (Lipinski definition) is 1. The monoisotopic (exact) mass is 464 g/mol. The number of piperazine rings is 1. The van der Waals surface area contributed by atoms with Crippen molar-refractivity contribution in [3.05, 3.63) is 23.9 Å². The lowest BCUT2D eigenvalue weighted by Crippen LogP contribution is -2.52. The first-order valence-electron chi connectivity index (χ1n) is 10.4. The molecule has 0 radical (unpaired) electrons. The Labute approximate surface area is 186 Å². The zero-order valence-electron chi connectivity index (χ0n) is 18.7. The number of fused-ring (bicyclic) bond motifs is 1. The van der Waals surface area contributed by atoms with E-state index < -0.39 is 21.5 Å². The van der Waals surface area contributed by atoms with E-state index in [1.165, 1.54) is 24.3 Å². The predicted octanol–water partition coefficient (Wildman–Crippen LogP) is 0.755. The molecule has 0 atom stereocenters. The van der Waals surface area contributed by atoms with Crippen LogP contribution in [-0.4, -0.2) is 92.8 Å². The number of carbonyl (C=O) groups excluding carboxylic acids is 2. The van der Waals surface area contributed by atoms with Gasteiger partial charge in [0.15, 0.2) is 0 Å². The van der Waals surface area contributed by atoms with E-state index in [1.807, 2.05) is 11.8 Å². The van der Waals surface area contributed by atoms with Crippen molar-refractivity contribution >= 4 is 33.4 Å². The number of sulfonamides is 1. The molecule has 2 aromatic rings. The van der Waals surface area contributed by atoms with Gasteiger partial charge in [0.1, 0.15) is 11.4 Å². The molecule has 1 saturated heterocycles. The van der Waals surface area contributed by atoms with Gasteiger partial charge in [-0.3, -0.25) is 0 Å². The fourth-order valence-corrected chi connectivity index (χ4v) is 5.27. The standard InChI is InChI=1S/C20H28N6O5S/c1-20(5-6-20)22-32(29,30)14-11-16-15(18(27)31-4)13-21-26(16)17(12-14)24-7-9-25(10-8-24)19(28)23(2)3/h11-13,22H,5-10H2,1-4H3. The minimum absolute atomic E-state index is 0.0607. The van der Waals surface area contributed by atoms with Gasteiger partial charge in [0.25, 0.3) is 0 Å². The zero-order valence-corrected chi connectivity index (χ0v) is 19.5. The van der Waals surface area contributed by atoms with Crippen molar-refractivity contribution < 1.29 is 22.7 Å². The minimum Gasteiger partial charge on any atom is -0.465 e. The first-order chi connectivity index (χ1) is 15.0. The van der Waals surface area contributed by atoms with Crippen molar-refractivity contribution in [2.75, 3.05) is 52.3 Å². The second-order valence-electron chi connectivity index (χ2n) is 8.71. The Morgan fingerprint density at radius 1 is 1.16 bits per heavy atom. The molecule has 0 spiro atoms. The van der Waals surface area contributed by atoms with Gasteiger partial charge in [-0.05, 0) is 25.8 Å². The van der Waals surface area contributed by atoms with Crippen LogP contribution in [0.25, 0.3) is 5.52 Å². The molecule has 4 rings (SSSR count). The lowest BCUT2D eigenvalue weighted by atomic mass is 10.2. The topological polar surface area (TPSA) is 117 Å². The van der Waals surface area contributed by atoms with E-state index >= 15 is 0 Å². The molecule has 174 valence electrons. The number of rotatable bonds is 5. The number of nitrogens with zero attached hydrogens (tertiary/aromatic N) is 5. The van der Waals surface area contributed by atoms with Crippen LogP contribution in [-0.2, 0) is 14.8 Å². The Kier molecular flexibility index (Phi) is 5.53. The molecule has 0 unspecified atom stereocenters. The second-order valence-corrected chi connectivity index (χ2v) is 10.4. The van der Waals surface area contributed by atoms with Crippen molar-refractivity contribution in [2.24, 2.45) is 0 Å². The fourth-order valence-electron chi connectivity index (χ4n) is 3.77. The third-order valence-electron chi connectivity index (χ3n) is 5.93. The summed E-state index contributed by atoms with van der Waals surface area (Å²) < 4.78 is 35.4. The predicted molar refractivity (Wildman–Crippen MR) is 117 cm³/mol. The summed E-state index contributed by atoms with van der Waals surface area (Å²) in [6.07, 6.45) is 2.94. The largest absolute Gasteiger partial charge is 0.465 e. The molecule has 2 aliphatic rings. The van der Waals surface area contributed by atoms with E-state index in [2.05, 4.69) is 9.82 Å². The van der Waals surface area contributed by atoms with Crippen molar-refractivity contribution in [2.45, 2.75) is 30.2 Å². The Bertz CT molecular complexity index is 1160. The number of hydrogen-bond acceptors (Lipinski definition) is 7. The van der Waals surface area contributed by atoms with Gasteiger partial charge in [0.05, 0.1) is 23.7 Å². The molecule has 32 heavy (non-hydrogen) atoms. The normalized spacial score (nSPS) is 18.0. The van der Waals surface area contributed by atoms with Crippen LogP contribution in [0.5, 0.6) is 0 Å². The van der Waals surface area contributed by atoms with Crippen LogP contribution in [0.2, 0.25) is 0 Å². The summed E-state index contributed by atoms with van der Waals surface area (Å²) in [5.74, 6) is -0.0556. The molecule has 2 aromatic heterocycles. The van der Waals surface area contributed by atoms with E-state index in [9.17, 15) is 18.0 Å². The molecule has 0 bridgehead atoms. The van der Waals surface area contributed by atoms with Gasteiger partial charge in [-0.1, -0.05) is 0 Å². The van der Waals surface area contributed by atoms with Crippen LogP contribution in [0.1, 0.15) is 30.1 Å². The maximum atomic E-state index is 13.1. The number of ether oxygens (including phenoxy) is 1. The van der Waals surface area contributed by atoms with Crippen LogP contribution in [0, 0.1) is 0 Å². The highest BCUT2D eigenvalue weighted by Crippen LogP contribution is 2.36. The molecule has 1 aliphatic carbocycles. The summed E-state index contributed by atoms with van der Waals surface area (Å²) in [5.41, 5.74) is 0.0988. The Morgan fingerprint density at radius 3 is 2.38 bits per heavy atom. The molecule has 12 heteroatoms. The van der Waals surface area contributed by atoms with Gasteiger partial charge < -0.3 is 19.4 Å². The lowest BCUT2D eigenvalue weighted by Gasteiger charge is -2.37. The SMILES string of the molecule is COC(=O)c1cnn2c(N3CCN(C(=O)N(C)C)CC3)cc(S(=O)(=O)NC3(C)CC3)cc12. The molecule has 0 aromatic carbocycles. The minimum atomic E-state index is -3.81. The van der Waals surface area contributed by atoms with Gasteiger partial charge in [-0.2, -0.15) is 5.10 Å². The van der Waals surface area contributed by atoms with Crippen molar-refractivity contribution in [1.82, 2.24) is 24.1 Å². The molecule has 3 heterocycles. The van der Waals surface area contributed by atoms with Crippen LogP contribution >= 0.6 is 0 Å². The summed E-state index contributed by atoms with van der Waals surface area (Å²) in [4.78, 5) is 29.8. The number of amides is 2. The summed E-state index contributed by atoms with van der Waals surface area (Å²) in [6, 6.07) is 2.95. The summed E-state index contributed by atoms with van der Waals surface area (Å²) >= 11 is 0. The van der Waals surface area contributed by atoms with Gasteiger partial charge in [0.2, 0.25) is 10.0 Å². The number of pyridine rings is 1. The molecule has 11 nitrogen and oxygen atoms in total.